The highest BCUT2D eigenvalue weighted by molar-refractivity contribution is 6.31. The monoisotopic (exact) mass is 492 g/mol. The molecular formula is C26H24N2O8. The van der Waals surface area contributed by atoms with E-state index in [1.165, 1.54) is 25.1 Å². The second-order valence-corrected chi connectivity index (χ2v) is 8.34. The zero-order valence-corrected chi connectivity index (χ0v) is 19.6. The van der Waals surface area contributed by atoms with Crippen LogP contribution in [-0.4, -0.2) is 52.0 Å². The fourth-order valence-electron chi connectivity index (χ4n) is 4.15. The average molecular weight is 492 g/mol. The molecule has 186 valence electrons. The lowest BCUT2D eigenvalue weighted by molar-refractivity contribution is -0.120. The molecule has 1 aliphatic rings. The van der Waals surface area contributed by atoms with E-state index < -0.39 is 40.7 Å². The number of carbonyl (C=O) groups is 4. The van der Waals surface area contributed by atoms with Crippen molar-refractivity contribution in [3.8, 4) is 23.0 Å². The number of ether oxygens (including phenoxy) is 1. The molecule has 10 heteroatoms. The molecule has 3 aromatic rings. The minimum Gasteiger partial charge on any atom is -0.506 e. The van der Waals surface area contributed by atoms with E-state index in [1.807, 2.05) is 6.92 Å². The Labute approximate surface area is 205 Å². The summed E-state index contributed by atoms with van der Waals surface area (Å²) in [4.78, 5) is 50.1. The van der Waals surface area contributed by atoms with E-state index in [0.29, 0.717) is 6.54 Å². The molecule has 0 saturated heterocycles. The van der Waals surface area contributed by atoms with Crippen LogP contribution in [-0.2, 0) is 4.79 Å². The van der Waals surface area contributed by atoms with E-state index in [0.717, 1.165) is 6.42 Å². The summed E-state index contributed by atoms with van der Waals surface area (Å²) in [6.07, 6.45) is -0.294. The van der Waals surface area contributed by atoms with Crippen LogP contribution < -0.4 is 15.4 Å². The molecule has 0 spiro atoms. The Morgan fingerprint density at radius 2 is 1.56 bits per heavy atom. The second-order valence-electron chi connectivity index (χ2n) is 8.34. The van der Waals surface area contributed by atoms with Crippen molar-refractivity contribution < 1.29 is 39.2 Å². The number of hydrogen-bond acceptors (Lipinski definition) is 8. The normalized spacial score (nSPS) is 12.2. The van der Waals surface area contributed by atoms with Gasteiger partial charge < -0.3 is 30.7 Å². The van der Waals surface area contributed by atoms with Crippen LogP contribution in [0.5, 0.6) is 23.0 Å². The van der Waals surface area contributed by atoms with Gasteiger partial charge in [0, 0.05) is 41.8 Å². The van der Waals surface area contributed by atoms with Crippen molar-refractivity contribution in [2.24, 2.45) is 0 Å². The first kappa shape index (κ1) is 24.5. The lowest BCUT2D eigenvalue weighted by Crippen LogP contribution is -2.32. The van der Waals surface area contributed by atoms with E-state index in [9.17, 15) is 34.5 Å². The number of carbonyl (C=O) groups excluding carboxylic acids is 4. The summed E-state index contributed by atoms with van der Waals surface area (Å²) < 4.78 is 5.09. The summed E-state index contributed by atoms with van der Waals surface area (Å²) in [6.45, 7) is 3.79. The number of phenolic OH excluding ortho intramolecular Hbond substituents is 3. The third-order valence-corrected chi connectivity index (χ3v) is 6.00. The Kier molecular flexibility index (Phi) is 6.52. The van der Waals surface area contributed by atoms with Gasteiger partial charge in [-0.15, -0.1) is 0 Å². The fourth-order valence-corrected chi connectivity index (χ4v) is 4.15. The summed E-state index contributed by atoms with van der Waals surface area (Å²) in [5.41, 5.74) is 0.0264. The van der Waals surface area contributed by atoms with Crippen LogP contribution in [0.25, 0.3) is 10.8 Å². The molecule has 0 fully saturated rings. The van der Waals surface area contributed by atoms with Crippen molar-refractivity contribution in [3.05, 3.63) is 58.1 Å². The smallest absolute Gasteiger partial charge is 0.412 e. The third-order valence-electron chi connectivity index (χ3n) is 6.00. The Morgan fingerprint density at radius 1 is 0.889 bits per heavy atom. The molecule has 0 saturated carbocycles. The number of hydrogen-bond donors (Lipinski definition) is 5. The van der Waals surface area contributed by atoms with E-state index in [4.69, 9.17) is 4.74 Å². The number of nitrogens with one attached hydrogen (secondary N) is 2. The molecular weight excluding hydrogens is 468 g/mol. The van der Waals surface area contributed by atoms with Gasteiger partial charge in [-0.25, -0.2) is 4.79 Å². The number of rotatable bonds is 6. The standard InChI is InChI=1S/C26H24N2O8/c1-3-9-27-17(29)8-10-28-26(35)36-25-20(30)12(2)15-11-16-19(23(33)18(15)24(25)34)22(32)14-7-5-4-6-13(14)21(16)31/h4-7,11,30,33-34H,3,8-10H2,1-2H3,(H,27,29)(H,28,35). The first-order chi connectivity index (χ1) is 17.2. The first-order valence-corrected chi connectivity index (χ1v) is 11.3. The summed E-state index contributed by atoms with van der Waals surface area (Å²) in [7, 11) is 0. The zero-order valence-electron chi connectivity index (χ0n) is 19.6. The molecule has 0 aliphatic heterocycles. The summed E-state index contributed by atoms with van der Waals surface area (Å²) >= 11 is 0. The van der Waals surface area contributed by atoms with Gasteiger partial charge in [0.25, 0.3) is 0 Å². The highest BCUT2D eigenvalue weighted by Gasteiger charge is 2.35. The number of benzene rings is 3. The number of ketones is 2. The number of aromatic hydroxyl groups is 3. The van der Waals surface area contributed by atoms with Gasteiger partial charge in [-0.05, 0) is 24.8 Å². The maximum Gasteiger partial charge on any atom is 0.412 e. The molecule has 0 atom stereocenters. The molecule has 0 radical (unpaired) electrons. The molecule has 0 bridgehead atoms. The van der Waals surface area contributed by atoms with Crippen molar-refractivity contribution in [2.45, 2.75) is 26.7 Å². The van der Waals surface area contributed by atoms with Gasteiger partial charge >= 0.3 is 6.09 Å². The maximum absolute atomic E-state index is 13.1. The van der Waals surface area contributed by atoms with Gasteiger partial charge in [-0.1, -0.05) is 31.2 Å². The average Bonchev–Trinajstić information content (AvgIpc) is 2.86. The maximum atomic E-state index is 13.1. The molecule has 36 heavy (non-hydrogen) atoms. The predicted molar refractivity (Wildman–Crippen MR) is 129 cm³/mol. The largest absolute Gasteiger partial charge is 0.506 e. The summed E-state index contributed by atoms with van der Waals surface area (Å²) in [5, 5.41) is 37.4. The van der Waals surface area contributed by atoms with Crippen molar-refractivity contribution in [2.75, 3.05) is 13.1 Å². The SMILES string of the molecule is CCCNC(=O)CCNC(=O)Oc1c(O)c(C)c2cc3c(c(O)c2c1O)C(=O)c1ccccc1C3=O. The van der Waals surface area contributed by atoms with E-state index in [2.05, 4.69) is 10.6 Å². The number of phenols is 3. The molecule has 1 aliphatic carbocycles. The molecule has 0 aromatic heterocycles. The molecule has 0 heterocycles. The minimum absolute atomic E-state index is 0.00560. The molecule has 4 rings (SSSR count). The number of aryl methyl sites for hydroxylation is 1. The van der Waals surface area contributed by atoms with Crippen molar-refractivity contribution >= 4 is 34.3 Å². The molecule has 2 amide bonds. The van der Waals surface area contributed by atoms with Gasteiger partial charge in [0.05, 0.1) is 10.9 Å². The van der Waals surface area contributed by atoms with Crippen LogP contribution >= 0.6 is 0 Å². The number of fused-ring (bicyclic) bond motifs is 3. The molecule has 3 aromatic carbocycles. The highest BCUT2D eigenvalue weighted by Crippen LogP contribution is 2.50. The van der Waals surface area contributed by atoms with Crippen LogP contribution in [0.2, 0.25) is 0 Å². The van der Waals surface area contributed by atoms with Crippen LogP contribution in [0.1, 0.15) is 57.2 Å². The van der Waals surface area contributed by atoms with E-state index >= 15 is 0 Å². The first-order valence-electron chi connectivity index (χ1n) is 11.3. The zero-order chi connectivity index (χ0) is 26.1. The third kappa shape index (κ3) is 4.06. The lowest BCUT2D eigenvalue weighted by Gasteiger charge is -2.21. The van der Waals surface area contributed by atoms with E-state index in [-0.39, 0.29) is 57.5 Å². The minimum atomic E-state index is -1.06. The summed E-state index contributed by atoms with van der Waals surface area (Å²) in [6, 6.07) is 7.49. The van der Waals surface area contributed by atoms with Gasteiger partial charge in [-0.3, -0.25) is 14.4 Å². The summed E-state index contributed by atoms with van der Waals surface area (Å²) in [5.74, 6) is -4.05. The van der Waals surface area contributed by atoms with Crippen LogP contribution in [0.4, 0.5) is 4.79 Å². The Bertz CT molecular complexity index is 1440. The van der Waals surface area contributed by atoms with Gasteiger partial charge in [0.15, 0.2) is 23.1 Å². The quantitative estimate of drug-likeness (QED) is 0.274. The topological polar surface area (TPSA) is 162 Å². The van der Waals surface area contributed by atoms with Gasteiger partial charge in [-0.2, -0.15) is 0 Å². The van der Waals surface area contributed by atoms with Crippen molar-refractivity contribution in [3.63, 3.8) is 0 Å². The van der Waals surface area contributed by atoms with Crippen molar-refractivity contribution in [1.29, 1.82) is 0 Å². The Hall–Kier alpha value is -4.60. The number of amides is 2. The van der Waals surface area contributed by atoms with Gasteiger partial charge in [0.1, 0.15) is 5.75 Å². The van der Waals surface area contributed by atoms with Crippen LogP contribution in [0.15, 0.2) is 30.3 Å². The fraction of sp³-hybridized carbons (Fsp3) is 0.231. The molecule has 10 nitrogen and oxygen atoms in total. The van der Waals surface area contributed by atoms with Crippen LogP contribution in [0.3, 0.4) is 0 Å². The highest BCUT2D eigenvalue weighted by atomic mass is 16.6. The Balaban J connectivity index is 1.70. The second kappa shape index (κ2) is 9.57. The Morgan fingerprint density at radius 3 is 2.22 bits per heavy atom. The predicted octanol–water partition coefficient (Wildman–Crippen LogP) is 3.05. The lowest BCUT2D eigenvalue weighted by atomic mass is 9.81. The van der Waals surface area contributed by atoms with Crippen molar-refractivity contribution in [1.82, 2.24) is 10.6 Å². The van der Waals surface area contributed by atoms with Gasteiger partial charge in [0.2, 0.25) is 11.7 Å². The molecule has 0 unspecified atom stereocenters. The molecule has 5 N–H and O–H groups in total. The van der Waals surface area contributed by atoms with Crippen LogP contribution in [0, 0.1) is 6.92 Å². The van der Waals surface area contributed by atoms with E-state index in [1.54, 1.807) is 12.1 Å².